The lowest BCUT2D eigenvalue weighted by molar-refractivity contribution is -0.00517. The number of anilines is 2. The second-order valence-corrected chi connectivity index (χ2v) is 7.68. The highest BCUT2D eigenvalue weighted by atomic mass is 16.5. The summed E-state index contributed by atoms with van der Waals surface area (Å²) in [5, 5.41) is 3.59. The fourth-order valence-electron chi connectivity index (χ4n) is 3.64. The average molecular weight is 385 g/mol. The van der Waals surface area contributed by atoms with Gasteiger partial charge in [0, 0.05) is 19.6 Å². The Morgan fingerprint density at radius 2 is 1.79 bits per heavy atom. The molecule has 28 heavy (non-hydrogen) atoms. The number of methoxy groups -OCH3 is 1. The smallest absolute Gasteiger partial charge is 0.161 e. The van der Waals surface area contributed by atoms with Crippen LogP contribution >= 0.6 is 0 Å². The molecule has 1 aliphatic heterocycles. The average Bonchev–Trinajstić information content (AvgIpc) is 2.66. The molecule has 0 aromatic heterocycles. The molecule has 0 spiro atoms. The van der Waals surface area contributed by atoms with Crippen LogP contribution in [-0.4, -0.2) is 38.5 Å². The van der Waals surface area contributed by atoms with E-state index in [-0.39, 0.29) is 18.3 Å². The van der Waals surface area contributed by atoms with Crippen molar-refractivity contribution in [3.05, 3.63) is 48.0 Å². The molecule has 152 valence electrons. The zero-order chi connectivity index (χ0) is 20.1. The van der Waals surface area contributed by atoms with Crippen LogP contribution in [0.15, 0.2) is 42.5 Å². The largest absolute Gasteiger partial charge is 0.493 e. The van der Waals surface area contributed by atoms with Gasteiger partial charge in [-0.05, 0) is 57.5 Å². The number of hydrogen-bond donors (Lipinski definition) is 1. The third-order valence-electron chi connectivity index (χ3n) is 4.74. The van der Waals surface area contributed by atoms with E-state index in [4.69, 9.17) is 14.2 Å². The molecule has 1 heterocycles. The molecule has 0 radical (unpaired) electrons. The Morgan fingerprint density at radius 1 is 1.07 bits per heavy atom. The van der Waals surface area contributed by atoms with Gasteiger partial charge in [-0.15, -0.1) is 0 Å². The summed E-state index contributed by atoms with van der Waals surface area (Å²) in [6, 6.07) is 14.6. The molecule has 5 nitrogen and oxygen atoms in total. The SMILES string of the molecule is COc1cc(CNc2ccccc2N2CC(C)OC(C)C2)ccc1OC(C)C. The predicted octanol–water partition coefficient (Wildman–Crippen LogP) is 4.71. The molecule has 1 saturated heterocycles. The number of rotatable bonds is 7. The Bertz CT molecular complexity index is 768. The third-order valence-corrected chi connectivity index (χ3v) is 4.74. The van der Waals surface area contributed by atoms with Gasteiger partial charge in [0.2, 0.25) is 0 Å². The first-order valence-electron chi connectivity index (χ1n) is 10.0. The summed E-state index contributed by atoms with van der Waals surface area (Å²) in [5.41, 5.74) is 3.49. The number of benzene rings is 2. The van der Waals surface area contributed by atoms with Crippen LogP contribution in [0.25, 0.3) is 0 Å². The Kier molecular flexibility index (Phi) is 6.68. The fourth-order valence-corrected chi connectivity index (χ4v) is 3.64. The highest BCUT2D eigenvalue weighted by Crippen LogP contribution is 2.31. The molecule has 0 saturated carbocycles. The van der Waals surface area contributed by atoms with E-state index in [2.05, 4.69) is 54.4 Å². The Labute approximate surface area is 168 Å². The fraction of sp³-hybridized carbons (Fsp3) is 0.478. The maximum Gasteiger partial charge on any atom is 0.161 e. The maximum atomic E-state index is 5.88. The van der Waals surface area contributed by atoms with E-state index >= 15 is 0 Å². The molecule has 2 atom stereocenters. The molecular formula is C23H32N2O3. The summed E-state index contributed by atoms with van der Waals surface area (Å²) in [5.74, 6) is 1.54. The number of ether oxygens (including phenoxy) is 3. The number of morpholine rings is 1. The molecule has 2 unspecified atom stereocenters. The van der Waals surface area contributed by atoms with Gasteiger partial charge in [0.05, 0.1) is 36.8 Å². The van der Waals surface area contributed by atoms with Crippen molar-refractivity contribution in [2.45, 2.75) is 52.6 Å². The van der Waals surface area contributed by atoms with Crippen molar-refractivity contribution in [3.63, 3.8) is 0 Å². The van der Waals surface area contributed by atoms with Crippen molar-refractivity contribution < 1.29 is 14.2 Å². The minimum atomic E-state index is 0.114. The van der Waals surface area contributed by atoms with Crippen molar-refractivity contribution in [1.82, 2.24) is 0 Å². The maximum absolute atomic E-state index is 5.88. The van der Waals surface area contributed by atoms with E-state index in [0.29, 0.717) is 6.54 Å². The van der Waals surface area contributed by atoms with Crippen molar-refractivity contribution in [3.8, 4) is 11.5 Å². The first-order chi connectivity index (χ1) is 13.5. The quantitative estimate of drug-likeness (QED) is 0.749. The van der Waals surface area contributed by atoms with Crippen molar-refractivity contribution >= 4 is 11.4 Å². The molecule has 1 fully saturated rings. The molecule has 0 bridgehead atoms. The zero-order valence-corrected chi connectivity index (χ0v) is 17.6. The van der Waals surface area contributed by atoms with Crippen LogP contribution in [0.4, 0.5) is 11.4 Å². The van der Waals surface area contributed by atoms with Crippen LogP contribution in [0.3, 0.4) is 0 Å². The van der Waals surface area contributed by atoms with Crippen LogP contribution in [0, 0.1) is 0 Å². The van der Waals surface area contributed by atoms with Crippen molar-refractivity contribution in [2.75, 3.05) is 30.4 Å². The van der Waals surface area contributed by atoms with E-state index in [1.807, 2.05) is 26.0 Å². The molecule has 2 aromatic carbocycles. The predicted molar refractivity (Wildman–Crippen MR) is 115 cm³/mol. The number of nitrogens with one attached hydrogen (secondary N) is 1. The lowest BCUT2D eigenvalue weighted by Gasteiger charge is -2.37. The van der Waals surface area contributed by atoms with Gasteiger partial charge in [-0.25, -0.2) is 0 Å². The molecule has 1 aliphatic rings. The topological polar surface area (TPSA) is 43.0 Å². The van der Waals surface area contributed by atoms with Gasteiger partial charge >= 0.3 is 0 Å². The first-order valence-corrected chi connectivity index (χ1v) is 10.0. The van der Waals surface area contributed by atoms with E-state index < -0.39 is 0 Å². The van der Waals surface area contributed by atoms with Gasteiger partial charge in [-0.1, -0.05) is 18.2 Å². The standard InChI is InChI=1S/C23H32N2O3/c1-16(2)27-22-11-10-19(12-23(22)26-5)13-24-20-8-6-7-9-21(20)25-14-17(3)28-18(4)15-25/h6-12,16-18,24H,13-15H2,1-5H3. The van der Waals surface area contributed by atoms with Crippen molar-refractivity contribution in [1.29, 1.82) is 0 Å². The Hall–Kier alpha value is -2.40. The Morgan fingerprint density at radius 3 is 2.46 bits per heavy atom. The summed E-state index contributed by atoms with van der Waals surface area (Å²) in [7, 11) is 1.68. The molecule has 1 N–H and O–H groups in total. The molecule has 0 amide bonds. The lowest BCUT2D eigenvalue weighted by Crippen LogP contribution is -2.45. The van der Waals surface area contributed by atoms with E-state index in [1.54, 1.807) is 7.11 Å². The molecule has 2 aromatic rings. The lowest BCUT2D eigenvalue weighted by atomic mass is 10.1. The minimum absolute atomic E-state index is 0.114. The van der Waals surface area contributed by atoms with Crippen LogP contribution in [-0.2, 0) is 11.3 Å². The highest BCUT2D eigenvalue weighted by Gasteiger charge is 2.23. The summed E-state index contributed by atoms with van der Waals surface area (Å²) in [4.78, 5) is 2.40. The van der Waals surface area contributed by atoms with Crippen molar-refractivity contribution in [2.24, 2.45) is 0 Å². The summed E-state index contributed by atoms with van der Waals surface area (Å²) in [6.45, 7) is 10.8. The molecule has 5 heteroatoms. The van der Waals surface area contributed by atoms with Gasteiger partial charge in [0.25, 0.3) is 0 Å². The monoisotopic (exact) mass is 384 g/mol. The van der Waals surface area contributed by atoms with Gasteiger partial charge < -0.3 is 24.4 Å². The normalized spacial score (nSPS) is 19.6. The van der Waals surface area contributed by atoms with Crippen LogP contribution < -0.4 is 19.7 Å². The van der Waals surface area contributed by atoms with E-state index in [1.165, 1.54) is 5.69 Å². The number of hydrogen-bond acceptors (Lipinski definition) is 5. The summed E-state index contributed by atoms with van der Waals surface area (Å²) >= 11 is 0. The first kappa shape index (κ1) is 20.3. The van der Waals surface area contributed by atoms with E-state index in [9.17, 15) is 0 Å². The zero-order valence-electron chi connectivity index (χ0n) is 17.6. The van der Waals surface area contributed by atoms with Crippen LogP contribution in [0.2, 0.25) is 0 Å². The summed E-state index contributed by atoms with van der Waals surface area (Å²) < 4.78 is 17.2. The summed E-state index contributed by atoms with van der Waals surface area (Å²) in [6.07, 6.45) is 0.576. The van der Waals surface area contributed by atoms with Gasteiger partial charge in [0.1, 0.15) is 0 Å². The van der Waals surface area contributed by atoms with Crippen LogP contribution in [0.1, 0.15) is 33.3 Å². The third kappa shape index (κ3) is 5.10. The van der Waals surface area contributed by atoms with Gasteiger partial charge in [0.15, 0.2) is 11.5 Å². The molecule has 3 rings (SSSR count). The molecular weight excluding hydrogens is 352 g/mol. The number of nitrogens with zero attached hydrogens (tertiary/aromatic N) is 1. The van der Waals surface area contributed by atoms with Crippen LogP contribution in [0.5, 0.6) is 11.5 Å². The second-order valence-electron chi connectivity index (χ2n) is 7.68. The van der Waals surface area contributed by atoms with Gasteiger partial charge in [-0.3, -0.25) is 0 Å². The van der Waals surface area contributed by atoms with Gasteiger partial charge in [-0.2, -0.15) is 0 Å². The van der Waals surface area contributed by atoms with E-state index in [0.717, 1.165) is 35.8 Å². The Balaban J connectivity index is 1.73. The minimum Gasteiger partial charge on any atom is -0.493 e. The highest BCUT2D eigenvalue weighted by molar-refractivity contribution is 5.70. The molecule has 0 aliphatic carbocycles. The second kappa shape index (κ2) is 9.20. The number of para-hydroxylation sites is 2.